The Bertz CT molecular complexity index is 423. The summed E-state index contributed by atoms with van der Waals surface area (Å²) in [6, 6.07) is 7.45. The maximum atomic E-state index is 12.7. The molecule has 1 N–H and O–H groups in total. The minimum absolute atomic E-state index is 0.250. The zero-order valence-electron chi connectivity index (χ0n) is 7.77. The summed E-state index contributed by atoms with van der Waals surface area (Å²) in [5, 5.41) is 11.7. The molecule has 1 rings (SSSR count). The van der Waals surface area contributed by atoms with Crippen LogP contribution < -0.4 is 5.43 Å². The largest absolute Gasteiger partial charge is 0.272 e. The number of nitrogens with zero attached hydrogens (tertiary/aromatic N) is 2. The van der Waals surface area contributed by atoms with Crippen LogP contribution in [0.2, 0.25) is 0 Å². The zero-order chi connectivity index (χ0) is 11.1. The highest BCUT2D eigenvalue weighted by atomic mass is 19.1. The number of hydrogen-bond acceptors (Lipinski definition) is 3. The van der Waals surface area contributed by atoms with Gasteiger partial charge in [0.05, 0.1) is 12.3 Å². The molecule has 76 valence electrons. The highest BCUT2D eigenvalue weighted by molar-refractivity contribution is 5.82. The summed E-state index contributed by atoms with van der Waals surface area (Å²) in [6.45, 7) is 0. The number of halogens is 1. The van der Waals surface area contributed by atoms with Crippen LogP contribution in [0.15, 0.2) is 29.4 Å². The Morgan fingerprint density at radius 2 is 2.47 bits per heavy atom. The van der Waals surface area contributed by atoms with E-state index in [1.807, 2.05) is 0 Å². The summed E-state index contributed by atoms with van der Waals surface area (Å²) in [4.78, 5) is 10.8. The van der Waals surface area contributed by atoms with Crippen LogP contribution >= 0.6 is 0 Å². The molecule has 15 heavy (non-hydrogen) atoms. The summed E-state index contributed by atoms with van der Waals surface area (Å²) >= 11 is 0. The second-order valence-electron chi connectivity index (χ2n) is 2.68. The van der Waals surface area contributed by atoms with Gasteiger partial charge >= 0.3 is 0 Å². The monoisotopic (exact) mass is 205 g/mol. The van der Waals surface area contributed by atoms with Crippen molar-refractivity contribution in [2.45, 2.75) is 6.42 Å². The second kappa shape index (κ2) is 5.50. The molecule has 1 aromatic rings. The van der Waals surface area contributed by atoms with Gasteiger partial charge in [-0.1, -0.05) is 12.1 Å². The standard InChI is InChI=1S/C10H8FN3O/c11-9-3-1-2-8(6-9)7-13-14-10(15)4-5-12/h1-3,6-7H,4H2,(H,14,15)/b13-7-. The minimum atomic E-state index is -0.495. The number of nitriles is 1. The van der Waals surface area contributed by atoms with E-state index in [9.17, 15) is 9.18 Å². The van der Waals surface area contributed by atoms with Crippen molar-refractivity contribution in [3.8, 4) is 6.07 Å². The third-order valence-electron chi connectivity index (χ3n) is 1.49. The molecule has 0 aromatic heterocycles. The van der Waals surface area contributed by atoms with Crippen molar-refractivity contribution in [1.82, 2.24) is 5.43 Å². The van der Waals surface area contributed by atoms with Crippen LogP contribution in [0.1, 0.15) is 12.0 Å². The molecular weight excluding hydrogens is 197 g/mol. The van der Waals surface area contributed by atoms with Crippen LogP contribution in [0.25, 0.3) is 0 Å². The SMILES string of the molecule is N#CCC(=O)N/N=C\c1cccc(F)c1. The van der Waals surface area contributed by atoms with Crippen molar-refractivity contribution in [3.63, 3.8) is 0 Å². The van der Waals surface area contributed by atoms with Gasteiger partial charge in [-0.3, -0.25) is 4.79 Å². The number of amides is 1. The van der Waals surface area contributed by atoms with Gasteiger partial charge in [-0.05, 0) is 17.7 Å². The van der Waals surface area contributed by atoms with E-state index in [0.29, 0.717) is 5.56 Å². The Morgan fingerprint density at radius 3 is 3.13 bits per heavy atom. The molecule has 0 saturated heterocycles. The molecule has 1 amide bonds. The summed E-state index contributed by atoms with van der Waals surface area (Å²) in [5.74, 6) is -0.868. The molecule has 0 unspecified atom stereocenters. The normalized spacial score (nSPS) is 9.87. The third-order valence-corrected chi connectivity index (χ3v) is 1.49. The van der Waals surface area contributed by atoms with Crippen molar-refractivity contribution in [2.75, 3.05) is 0 Å². The number of carbonyl (C=O) groups excluding carboxylic acids is 1. The first-order chi connectivity index (χ1) is 7.22. The summed E-state index contributed by atoms with van der Waals surface area (Å²) in [7, 11) is 0. The van der Waals surface area contributed by atoms with Crippen molar-refractivity contribution in [2.24, 2.45) is 5.10 Å². The van der Waals surface area contributed by atoms with Crippen molar-refractivity contribution in [3.05, 3.63) is 35.6 Å². The number of rotatable bonds is 3. The predicted octanol–water partition coefficient (Wildman–Crippen LogP) is 1.19. The van der Waals surface area contributed by atoms with Crippen molar-refractivity contribution in [1.29, 1.82) is 5.26 Å². The van der Waals surface area contributed by atoms with Crippen LogP contribution in [0.5, 0.6) is 0 Å². The quantitative estimate of drug-likeness (QED) is 0.595. The Morgan fingerprint density at radius 1 is 1.67 bits per heavy atom. The van der Waals surface area contributed by atoms with Crippen LogP contribution in [-0.4, -0.2) is 12.1 Å². The van der Waals surface area contributed by atoms with Crippen LogP contribution in [-0.2, 0) is 4.79 Å². The first-order valence-corrected chi connectivity index (χ1v) is 4.17. The Labute approximate surface area is 86.0 Å². The van der Waals surface area contributed by atoms with E-state index in [4.69, 9.17) is 5.26 Å². The molecule has 0 aliphatic carbocycles. The molecule has 0 radical (unpaired) electrons. The van der Waals surface area contributed by atoms with Gasteiger partial charge in [-0.2, -0.15) is 10.4 Å². The molecule has 1 aromatic carbocycles. The van der Waals surface area contributed by atoms with Crippen LogP contribution in [0.3, 0.4) is 0 Å². The minimum Gasteiger partial charge on any atom is -0.272 e. The number of hydrogen-bond donors (Lipinski definition) is 1. The molecule has 0 atom stereocenters. The molecule has 5 heteroatoms. The summed E-state index contributed by atoms with van der Waals surface area (Å²) in [6.07, 6.45) is 1.05. The zero-order valence-corrected chi connectivity index (χ0v) is 7.77. The Kier molecular flexibility index (Phi) is 3.98. The summed E-state index contributed by atoms with van der Waals surface area (Å²) in [5.41, 5.74) is 2.67. The van der Waals surface area contributed by atoms with Gasteiger partial charge in [0.1, 0.15) is 12.2 Å². The lowest BCUT2D eigenvalue weighted by Crippen LogP contribution is -2.16. The van der Waals surface area contributed by atoms with Gasteiger partial charge in [-0.25, -0.2) is 9.82 Å². The highest BCUT2D eigenvalue weighted by Gasteiger charge is 1.95. The first kappa shape index (κ1) is 10.9. The topological polar surface area (TPSA) is 65.2 Å². The van der Waals surface area contributed by atoms with E-state index in [0.717, 1.165) is 0 Å². The second-order valence-corrected chi connectivity index (χ2v) is 2.68. The van der Waals surface area contributed by atoms with Gasteiger partial charge in [0.25, 0.3) is 5.91 Å². The van der Waals surface area contributed by atoms with Gasteiger partial charge in [0.2, 0.25) is 0 Å². The third kappa shape index (κ3) is 4.00. The Hall–Kier alpha value is -2.22. The molecule has 4 nitrogen and oxygen atoms in total. The molecule has 0 bridgehead atoms. The van der Waals surface area contributed by atoms with E-state index in [2.05, 4.69) is 10.5 Å². The fourth-order valence-electron chi connectivity index (χ4n) is 0.877. The van der Waals surface area contributed by atoms with Crippen molar-refractivity contribution >= 4 is 12.1 Å². The molecular formula is C10H8FN3O. The maximum Gasteiger partial charge on any atom is 0.254 e. The van der Waals surface area contributed by atoms with Crippen LogP contribution in [0.4, 0.5) is 4.39 Å². The fourth-order valence-corrected chi connectivity index (χ4v) is 0.877. The molecule has 0 spiro atoms. The summed E-state index contributed by atoms with van der Waals surface area (Å²) < 4.78 is 12.7. The number of benzene rings is 1. The smallest absolute Gasteiger partial charge is 0.254 e. The van der Waals surface area contributed by atoms with Gasteiger partial charge in [-0.15, -0.1) is 0 Å². The number of carbonyl (C=O) groups is 1. The van der Waals surface area contributed by atoms with E-state index in [1.54, 1.807) is 12.1 Å². The lowest BCUT2D eigenvalue weighted by molar-refractivity contribution is -0.120. The fraction of sp³-hybridized carbons (Fsp3) is 0.100. The van der Waals surface area contributed by atoms with Gasteiger partial charge in [0.15, 0.2) is 0 Å². The predicted molar refractivity (Wildman–Crippen MR) is 52.4 cm³/mol. The van der Waals surface area contributed by atoms with Crippen molar-refractivity contribution < 1.29 is 9.18 Å². The lowest BCUT2D eigenvalue weighted by Gasteiger charge is -1.94. The van der Waals surface area contributed by atoms with E-state index < -0.39 is 5.91 Å². The van der Waals surface area contributed by atoms with Gasteiger partial charge in [0, 0.05) is 0 Å². The highest BCUT2D eigenvalue weighted by Crippen LogP contribution is 1.99. The van der Waals surface area contributed by atoms with Crippen LogP contribution in [0, 0.1) is 17.1 Å². The first-order valence-electron chi connectivity index (χ1n) is 4.17. The molecule has 0 heterocycles. The van der Waals surface area contributed by atoms with E-state index in [1.165, 1.54) is 24.4 Å². The molecule has 0 saturated carbocycles. The molecule has 0 aliphatic rings. The number of nitrogens with one attached hydrogen (secondary N) is 1. The molecule has 0 fully saturated rings. The lowest BCUT2D eigenvalue weighted by atomic mass is 10.2. The average Bonchev–Trinajstić information content (AvgIpc) is 2.18. The molecule has 0 aliphatic heterocycles. The number of hydrazone groups is 1. The van der Waals surface area contributed by atoms with E-state index >= 15 is 0 Å². The van der Waals surface area contributed by atoms with E-state index in [-0.39, 0.29) is 12.2 Å². The Balaban J connectivity index is 2.52. The maximum absolute atomic E-state index is 12.7. The average molecular weight is 205 g/mol. The van der Waals surface area contributed by atoms with Gasteiger partial charge < -0.3 is 0 Å².